The van der Waals surface area contributed by atoms with Gasteiger partial charge in [0, 0.05) is 37.1 Å². The largest absolute Gasteiger partial charge is 0.378 e. The highest BCUT2D eigenvalue weighted by Crippen LogP contribution is 2.13. The monoisotopic (exact) mass is 318 g/mol. The fourth-order valence-corrected chi connectivity index (χ4v) is 1.90. The Morgan fingerprint density at radius 2 is 1.68 bits per heavy atom. The number of carbonyl (C=O) groups excluding carboxylic acids is 2. The zero-order valence-corrected chi connectivity index (χ0v) is 12.9. The Balaban J connectivity index is 2.01. The lowest BCUT2D eigenvalue weighted by molar-refractivity contribution is 0.0846. The molecular weight excluding hydrogens is 304 g/mol. The first-order chi connectivity index (χ1) is 10.5. The standard InChI is InChI=1S/C15H15ClN4O2/c1-20(2)12-5-3-4-10(8-12)14(21)18-19-15(22)11-6-7-17-13(16)9-11/h3-9H,1-2H3,(H,18,21)(H,19,22). The molecule has 0 aliphatic carbocycles. The molecule has 1 aromatic carbocycles. The van der Waals surface area contributed by atoms with Crippen LogP contribution in [0.1, 0.15) is 20.7 Å². The fourth-order valence-electron chi connectivity index (χ4n) is 1.73. The SMILES string of the molecule is CN(C)c1cccc(C(=O)NNC(=O)c2ccnc(Cl)c2)c1. The topological polar surface area (TPSA) is 74.3 Å². The number of amides is 2. The van der Waals surface area contributed by atoms with E-state index in [-0.39, 0.29) is 5.15 Å². The van der Waals surface area contributed by atoms with Crippen LogP contribution in [-0.4, -0.2) is 30.9 Å². The molecule has 2 N–H and O–H groups in total. The minimum Gasteiger partial charge on any atom is -0.378 e. The molecule has 0 spiro atoms. The number of hydrogen-bond acceptors (Lipinski definition) is 4. The molecule has 2 rings (SSSR count). The lowest BCUT2D eigenvalue weighted by Crippen LogP contribution is -2.41. The van der Waals surface area contributed by atoms with Crippen molar-refractivity contribution >= 4 is 29.1 Å². The van der Waals surface area contributed by atoms with E-state index in [1.54, 1.807) is 18.2 Å². The van der Waals surface area contributed by atoms with Crippen LogP contribution in [-0.2, 0) is 0 Å². The van der Waals surface area contributed by atoms with Gasteiger partial charge in [0.25, 0.3) is 11.8 Å². The van der Waals surface area contributed by atoms with E-state index in [1.165, 1.54) is 18.3 Å². The number of nitrogens with one attached hydrogen (secondary N) is 2. The first-order valence-corrected chi connectivity index (χ1v) is 6.85. The van der Waals surface area contributed by atoms with Gasteiger partial charge in [-0.3, -0.25) is 20.4 Å². The van der Waals surface area contributed by atoms with Crippen molar-refractivity contribution in [3.63, 3.8) is 0 Å². The summed E-state index contributed by atoms with van der Waals surface area (Å²) in [6.07, 6.45) is 1.42. The van der Waals surface area contributed by atoms with Crippen LogP contribution >= 0.6 is 11.6 Å². The van der Waals surface area contributed by atoms with Gasteiger partial charge in [-0.1, -0.05) is 17.7 Å². The number of halogens is 1. The predicted octanol–water partition coefficient (Wildman–Crippen LogP) is 1.88. The molecule has 1 aromatic heterocycles. The van der Waals surface area contributed by atoms with Crippen molar-refractivity contribution in [3.8, 4) is 0 Å². The highest BCUT2D eigenvalue weighted by Gasteiger charge is 2.10. The first kappa shape index (κ1) is 15.8. The molecule has 22 heavy (non-hydrogen) atoms. The maximum atomic E-state index is 12.0. The van der Waals surface area contributed by atoms with Crippen molar-refractivity contribution in [1.82, 2.24) is 15.8 Å². The third kappa shape index (κ3) is 3.95. The number of benzene rings is 1. The minimum absolute atomic E-state index is 0.206. The van der Waals surface area contributed by atoms with Gasteiger partial charge in [-0.2, -0.15) is 0 Å². The molecule has 2 aromatic rings. The van der Waals surface area contributed by atoms with Gasteiger partial charge in [0.15, 0.2) is 0 Å². The number of hydrazine groups is 1. The zero-order chi connectivity index (χ0) is 16.1. The fraction of sp³-hybridized carbons (Fsp3) is 0.133. The summed E-state index contributed by atoms with van der Waals surface area (Å²) >= 11 is 5.71. The van der Waals surface area contributed by atoms with Gasteiger partial charge in [-0.15, -0.1) is 0 Å². The Bertz CT molecular complexity index is 703. The van der Waals surface area contributed by atoms with Gasteiger partial charge in [-0.05, 0) is 30.3 Å². The average Bonchev–Trinajstić information content (AvgIpc) is 2.52. The van der Waals surface area contributed by atoms with Crippen molar-refractivity contribution in [1.29, 1.82) is 0 Å². The Labute approximate surface area is 133 Å². The van der Waals surface area contributed by atoms with Crippen LogP contribution < -0.4 is 15.8 Å². The Kier molecular flexibility index (Phi) is 4.95. The van der Waals surface area contributed by atoms with Gasteiger partial charge in [0.2, 0.25) is 0 Å². The van der Waals surface area contributed by atoms with Gasteiger partial charge < -0.3 is 4.90 Å². The Morgan fingerprint density at radius 1 is 1.05 bits per heavy atom. The van der Waals surface area contributed by atoms with Crippen LogP contribution in [0, 0.1) is 0 Å². The summed E-state index contributed by atoms with van der Waals surface area (Å²) in [7, 11) is 3.76. The van der Waals surface area contributed by atoms with Gasteiger partial charge >= 0.3 is 0 Å². The van der Waals surface area contributed by atoms with Gasteiger partial charge in [0.1, 0.15) is 5.15 Å². The molecule has 0 aliphatic rings. The second-order valence-corrected chi connectivity index (χ2v) is 5.11. The molecule has 114 valence electrons. The molecule has 2 amide bonds. The molecular formula is C15H15ClN4O2. The van der Waals surface area contributed by atoms with Crippen LogP contribution in [0.4, 0.5) is 5.69 Å². The summed E-state index contributed by atoms with van der Waals surface area (Å²) in [6, 6.07) is 9.96. The van der Waals surface area contributed by atoms with E-state index in [0.717, 1.165) is 5.69 Å². The third-order valence-corrected chi connectivity index (χ3v) is 3.11. The number of hydrogen-bond donors (Lipinski definition) is 2. The minimum atomic E-state index is -0.471. The first-order valence-electron chi connectivity index (χ1n) is 6.47. The van der Waals surface area contributed by atoms with Crippen molar-refractivity contribution in [2.45, 2.75) is 0 Å². The number of anilines is 1. The molecule has 0 saturated carbocycles. The van der Waals surface area contributed by atoms with E-state index >= 15 is 0 Å². The summed E-state index contributed by atoms with van der Waals surface area (Å²) in [5.74, 6) is -0.876. The average molecular weight is 319 g/mol. The van der Waals surface area contributed by atoms with E-state index in [4.69, 9.17) is 11.6 Å². The lowest BCUT2D eigenvalue weighted by atomic mass is 10.2. The molecule has 6 nitrogen and oxygen atoms in total. The summed E-state index contributed by atoms with van der Waals surface area (Å²) in [5.41, 5.74) is 6.34. The molecule has 0 fully saturated rings. The van der Waals surface area contributed by atoms with E-state index in [0.29, 0.717) is 11.1 Å². The summed E-state index contributed by atoms with van der Waals surface area (Å²) < 4.78 is 0. The van der Waals surface area contributed by atoms with Crippen molar-refractivity contribution < 1.29 is 9.59 Å². The summed E-state index contributed by atoms with van der Waals surface area (Å²) in [4.78, 5) is 29.6. The highest BCUT2D eigenvalue weighted by molar-refractivity contribution is 6.29. The lowest BCUT2D eigenvalue weighted by Gasteiger charge is -2.13. The smallest absolute Gasteiger partial charge is 0.269 e. The Morgan fingerprint density at radius 3 is 2.27 bits per heavy atom. The molecule has 7 heteroatoms. The predicted molar refractivity (Wildman–Crippen MR) is 84.9 cm³/mol. The highest BCUT2D eigenvalue weighted by atomic mass is 35.5. The van der Waals surface area contributed by atoms with E-state index in [9.17, 15) is 9.59 Å². The molecule has 1 heterocycles. The second-order valence-electron chi connectivity index (χ2n) is 4.72. The quantitative estimate of drug-likeness (QED) is 0.669. The van der Waals surface area contributed by atoms with Crippen molar-refractivity contribution in [2.75, 3.05) is 19.0 Å². The maximum absolute atomic E-state index is 12.0. The Hall–Kier alpha value is -2.60. The number of pyridine rings is 1. The van der Waals surface area contributed by atoms with Crippen LogP contribution in [0.2, 0.25) is 5.15 Å². The number of aromatic nitrogens is 1. The van der Waals surface area contributed by atoms with Crippen molar-refractivity contribution in [3.05, 3.63) is 58.9 Å². The molecule has 0 atom stereocenters. The summed E-state index contributed by atoms with van der Waals surface area (Å²) in [5, 5.41) is 0.206. The summed E-state index contributed by atoms with van der Waals surface area (Å²) in [6.45, 7) is 0. The normalized spacial score (nSPS) is 9.95. The van der Waals surface area contributed by atoms with Crippen LogP contribution in [0.3, 0.4) is 0 Å². The number of carbonyl (C=O) groups is 2. The molecule has 0 saturated heterocycles. The van der Waals surface area contributed by atoms with E-state index < -0.39 is 11.8 Å². The molecule has 0 aliphatic heterocycles. The van der Waals surface area contributed by atoms with Gasteiger partial charge in [-0.25, -0.2) is 4.98 Å². The van der Waals surface area contributed by atoms with Crippen LogP contribution in [0.5, 0.6) is 0 Å². The van der Waals surface area contributed by atoms with E-state index in [1.807, 2.05) is 25.1 Å². The zero-order valence-electron chi connectivity index (χ0n) is 12.1. The number of nitrogens with zero attached hydrogens (tertiary/aromatic N) is 2. The van der Waals surface area contributed by atoms with Crippen LogP contribution in [0.25, 0.3) is 0 Å². The number of rotatable bonds is 3. The second kappa shape index (κ2) is 6.91. The van der Waals surface area contributed by atoms with Gasteiger partial charge in [0.05, 0.1) is 0 Å². The maximum Gasteiger partial charge on any atom is 0.269 e. The van der Waals surface area contributed by atoms with Crippen LogP contribution in [0.15, 0.2) is 42.6 Å². The molecule has 0 radical (unpaired) electrons. The van der Waals surface area contributed by atoms with Crippen molar-refractivity contribution in [2.24, 2.45) is 0 Å². The third-order valence-electron chi connectivity index (χ3n) is 2.90. The molecule has 0 unspecified atom stereocenters. The molecule has 0 bridgehead atoms. The van der Waals surface area contributed by atoms with E-state index in [2.05, 4.69) is 15.8 Å².